The summed E-state index contributed by atoms with van der Waals surface area (Å²) in [6.07, 6.45) is 0. The molecule has 0 fully saturated rings. The fourth-order valence-corrected chi connectivity index (χ4v) is 2.60. The van der Waals surface area contributed by atoms with Crippen molar-refractivity contribution in [3.63, 3.8) is 0 Å². The second kappa shape index (κ2) is 6.34. The van der Waals surface area contributed by atoms with Crippen molar-refractivity contribution in [2.75, 3.05) is 21.3 Å². The molecule has 1 aromatic carbocycles. The van der Waals surface area contributed by atoms with Crippen molar-refractivity contribution >= 4 is 28.7 Å². The molecule has 122 valence electrons. The Kier molecular flexibility index (Phi) is 4.65. The molecule has 0 unspecified atom stereocenters. The van der Waals surface area contributed by atoms with Crippen LogP contribution in [0.2, 0.25) is 0 Å². The normalized spacial score (nSPS) is 15.2. The van der Waals surface area contributed by atoms with Gasteiger partial charge in [-0.25, -0.2) is 0 Å². The van der Waals surface area contributed by atoms with Gasteiger partial charge in [0.2, 0.25) is 5.78 Å². The lowest BCUT2D eigenvalue weighted by molar-refractivity contribution is -0.117. The Morgan fingerprint density at radius 1 is 0.957 bits per heavy atom. The maximum absolute atomic E-state index is 12.5. The van der Waals surface area contributed by atoms with Crippen molar-refractivity contribution in [2.24, 2.45) is 0 Å². The highest BCUT2D eigenvalue weighted by Gasteiger charge is 2.35. The van der Waals surface area contributed by atoms with Gasteiger partial charge in [-0.2, -0.15) is 0 Å². The van der Waals surface area contributed by atoms with Gasteiger partial charge in [0.1, 0.15) is 10.8 Å². The van der Waals surface area contributed by atoms with Crippen LogP contribution < -0.4 is 9.47 Å². The van der Waals surface area contributed by atoms with Crippen molar-refractivity contribution in [1.29, 1.82) is 0 Å². The molecule has 7 heteroatoms. The van der Waals surface area contributed by atoms with Gasteiger partial charge in [-0.05, 0) is 13.0 Å². The summed E-state index contributed by atoms with van der Waals surface area (Å²) in [6.45, 7) is 1.46. The number of hydrogen-bond donors (Lipinski definition) is 1. The number of Topliss-reactive ketones (excluding diaryl/α,β-unsaturated/α-hetero) is 2. The summed E-state index contributed by atoms with van der Waals surface area (Å²) in [5.41, 5.74) is 0.0972. The van der Waals surface area contributed by atoms with E-state index in [9.17, 15) is 14.7 Å². The van der Waals surface area contributed by atoms with E-state index < -0.39 is 11.6 Å². The first-order valence-corrected chi connectivity index (χ1v) is 6.94. The number of hydrogen-bond acceptors (Lipinski definition) is 6. The molecule has 0 aromatic heterocycles. The van der Waals surface area contributed by atoms with Crippen LogP contribution in [0.1, 0.15) is 12.5 Å². The molecule has 0 saturated heterocycles. The van der Waals surface area contributed by atoms with Crippen molar-refractivity contribution < 1.29 is 28.9 Å². The molecule has 23 heavy (non-hydrogen) atoms. The van der Waals surface area contributed by atoms with E-state index >= 15 is 0 Å². The number of methoxy groups -OCH3 is 3. The third-order valence-corrected chi connectivity index (χ3v) is 3.87. The number of rotatable bonds is 4. The minimum atomic E-state index is -0.615. The number of carbonyl (C=O) groups excluding carboxylic acids is 2. The van der Waals surface area contributed by atoms with E-state index in [4.69, 9.17) is 25.8 Å². The lowest BCUT2D eigenvalue weighted by Gasteiger charge is -2.20. The highest BCUT2D eigenvalue weighted by molar-refractivity contribution is 6.56. The van der Waals surface area contributed by atoms with Gasteiger partial charge in [0.25, 0.3) is 0 Å². The van der Waals surface area contributed by atoms with E-state index in [0.29, 0.717) is 0 Å². The summed E-state index contributed by atoms with van der Waals surface area (Å²) in [5, 5.41) is 9.87. The van der Waals surface area contributed by atoms with E-state index in [1.54, 1.807) is 0 Å². The number of halogens is 1. The number of carbonyl (C=O) groups is 2. The molecule has 1 N–H and O–H groups in total. The lowest BCUT2D eigenvalue weighted by atomic mass is 9.89. The SMILES string of the molecule is COC1=C(C)C(=O)C(c2cc(OC)c(OC)cc2O)=C(Cl)C1=O. The highest BCUT2D eigenvalue weighted by atomic mass is 35.5. The van der Waals surface area contributed by atoms with E-state index in [-0.39, 0.29) is 44.7 Å². The van der Waals surface area contributed by atoms with Gasteiger partial charge in [-0.3, -0.25) is 9.59 Å². The zero-order valence-corrected chi connectivity index (χ0v) is 13.8. The average molecular weight is 339 g/mol. The Labute approximate surface area is 137 Å². The van der Waals surface area contributed by atoms with Crippen LogP contribution in [0.5, 0.6) is 17.2 Å². The number of allylic oxidation sites excluding steroid dienone is 3. The summed E-state index contributed by atoms with van der Waals surface area (Å²) in [4.78, 5) is 24.8. The average Bonchev–Trinajstić information content (AvgIpc) is 2.54. The highest BCUT2D eigenvalue weighted by Crippen LogP contribution is 2.42. The van der Waals surface area contributed by atoms with Crippen LogP contribution in [-0.2, 0) is 14.3 Å². The predicted octanol–water partition coefficient (Wildman–Crippen LogP) is 2.43. The second-order valence-electron chi connectivity index (χ2n) is 4.73. The van der Waals surface area contributed by atoms with Crippen LogP contribution in [0.15, 0.2) is 28.5 Å². The molecule has 0 amide bonds. The Bertz CT molecular complexity index is 760. The fourth-order valence-electron chi connectivity index (χ4n) is 2.33. The van der Waals surface area contributed by atoms with Crippen molar-refractivity contribution in [2.45, 2.75) is 6.92 Å². The molecule has 0 heterocycles. The molecule has 0 radical (unpaired) electrons. The summed E-state index contributed by atoms with van der Waals surface area (Å²) >= 11 is 6.05. The van der Waals surface area contributed by atoms with Crippen LogP contribution in [-0.4, -0.2) is 38.0 Å². The van der Waals surface area contributed by atoms with Gasteiger partial charge < -0.3 is 19.3 Å². The predicted molar refractivity (Wildman–Crippen MR) is 83.7 cm³/mol. The maximum Gasteiger partial charge on any atom is 0.240 e. The number of phenolic OH excluding ortho intramolecular Hbond substituents is 1. The van der Waals surface area contributed by atoms with E-state index in [1.165, 1.54) is 40.4 Å². The van der Waals surface area contributed by atoms with Crippen molar-refractivity contribution in [3.05, 3.63) is 34.1 Å². The number of phenols is 1. The first-order valence-electron chi connectivity index (χ1n) is 6.56. The van der Waals surface area contributed by atoms with Gasteiger partial charge in [0.15, 0.2) is 23.0 Å². The molecule has 1 aliphatic carbocycles. The molecule has 1 aliphatic rings. The van der Waals surface area contributed by atoms with Crippen molar-refractivity contribution in [3.8, 4) is 17.2 Å². The first kappa shape index (κ1) is 16.9. The molecule has 2 rings (SSSR count). The van der Waals surface area contributed by atoms with Gasteiger partial charge in [-0.1, -0.05) is 11.6 Å². The first-order chi connectivity index (χ1) is 10.9. The van der Waals surface area contributed by atoms with Crippen molar-refractivity contribution in [1.82, 2.24) is 0 Å². The molecular weight excluding hydrogens is 324 g/mol. The van der Waals surface area contributed by atoms with Gasteiger partial charge in [0.05, 0.1) is 26.9 Å². The Morgan fingerprint density at radius 2 is 1.52 bits per heavy atom. The van der Waals surface area contributed by atoms with E-state index in [1.807, 2.05) is 0 Å². The molecule has 1 aromatic rings. The molecule has 0 spiro atoms. The smallest absolute Gasteiger partial charge is 0.240 e. The Morgan fingerprint density at radius 3 is 2.04 bits per heavy atom. The van der Waals surface area contributed by atoms with E-state index in [2.05, 4.69) is 0 Å². The summed E-state index contributed by atoms with van der Waals surface area (Å²) in [7, 11) is 4.11. The second-order valence-corrected chi connectivity index (χ2v) is 5.11. The Hall–Kier alpha value is -2.47. The molecule has 0 bridgehead atoms. The molecular formula is C16H15ClO6. The van der Waals surface area contributed by atoms with Crippen LogP contribution in [0.4, 0.5) is 0 Å². The minimum absolute atomic E-state index is 0.0838. The Balaban J connectivity index is 2.69. The van der Waals surface area contributed by atoms with Gasteiger partial charge in [-0.15, -0.1) is 0 Å². The third-order valence-electron chi connectivity index (χ3n) is 3.51. The van der Waals surface area contributed by atoms with Gasteiger partial charge >= 0.3 is 0 Å². The monoisotopic (exact) mass is 338 g/mol. The molecule has 0 aliphatic heterocycles. The fraction of sp³-hybridized carbons (Fsp3) is 0.250. The number of ketones is 2. The number of aromatic hydroxyl groups is 1. The number of ether oxygens (including phenoxy) is 3. The largest absolute Gasteiger partial charge is 0.507 e. The van der Waals surface area contributed by atoms with E-state index in [0.717, 1.165) is 0 Å². The summed E-state index contributed by atoms with van der Waals surface area (Å²) in [5.74, 6) is -0.916. The molecule has 0 atom stereocenters. The lowest BCUT2D eigenvalue weighted by Crippen LogP contribution is -2.21. The summed E-state index contributed by atoms with van der Waals surface area (Å²) < 4.78 is 15.2. The topological polar surface area (TPSA) is 82.1 Å². The third kappa shape index (κ3) is 2.66. The summed E-state index contributed by atoms with van der Waals surface area (Å²) in [6, 6.07) is 2.68. The standard InChI is InChI=1S/C16H15ClO6/c1-7-14(19)12(13(17)15(20)16(7)23-4)8-5-10(21-2)11(22-3)6-9(8)18/h5-6,18H,1-4H3. The quantitative estimate of drug-likeness (QED) is 0.849. The van der Waals surface area contributed by atoms with Crippen LogP contribution in [0.25, 0.3) is 5.57 Å². The zero-order chi connectivity index (χ0) is 17.3. The van der Waals surface area contributed by atoms with Crippen LogP contribution >= 0.6 is 11.6 Å². The maximum atomic E-state index is 12.5. The van der Waals surface area contributed by atoms with Crippen LogP contribution in [0, 0.1) is 0 Å². The molecule has 0 saturated carbocycles. The van der Waals surface area contributed by atoms with Gasteiger partial charge in [0, 0.05) is 17.2 Å². The minimum Gasteiger partial charge on any atom is -0.507 e. The number of benzene rings is 1. The zero-order valence-electron chi connectivity index (χ0n) is 13.0. The van der Waals surface area contributed by atoms with Crippen LogP contribution in [0.3, 0.4) is 0 Å². The molecule has 6 nitrogen and oxygen atoms in total.